The maximum Gasteiger partial charge on any atom is 0.346 e. The fraction of sp³-hybridized carbons (Fsp3) is 0.100. The summed E-state index contributed by atoms with van der Waals surface area (Å²) in [5, 5.41) is 8.55. The number of carboxylic acid groups (broad SMARTS) is 1. The minimum atomic E-state index is -0.993. The van der Waals surface area contributed by atoms with Gasteiger partial charge in [-0.2, -0.15) is 0 Å². The highest BCUT2D eigenvalue weighted by Crippen LogP contribution is 2.21. The van der Waals surface area contributed by atoms with Crippen LogP contribution in [0, 0.1) is 0 Å². The second-order valence-electron chi connectivity index (χ2n) is 3.13. The molecule has 15 heavy (non-hydrogen) atoms. The predicted molar refractivity (Wildman–Crippen MR) is 47.5 cm³/mol. The molecule has 0 amide bonds. The number of carbonyl (C=O) groups excluding carboxylic acids is 2. The Hall–Kier alpha value is -2.17. The minimum absolute atomic E-state index is 0.138. The van der Waals surface area contributed by atoms with Gasteiger partial charge in [-0.05, 0) is 17.7 Å². The molecule has 0 unspecified atom stereocenters. The lowest BCUT2D eigenvalue weighted by atomic mass is 10.0. The average Bonchev–Trinajstić information content (AvgIpc) is 2.41. The predicted octanol–water partition coefficient (Wildman–Crippen LogP) is 0.624. The van der Waals surface area contributed by atoms with E-state index in [0.29, 0.717) is 5.56 Å². The molecule has 1 aliphatic rings. The Labute approximate surface area is 84.3 Å². The quantitative estimate of drug-likeness (QED) is 0.566. The Morgan fingerprint density at radius 2 is 1.87 bits per heavy atom. The first-order chi connectivity index (χ1) is 7.08. The maximum atomic E-state index is 11.1. The van der Waals surface area contributed by atoms with Crippen molar-refractivity contribution in [3.05, 3.63) is 34.9 Å². The third kappa shape index (κ3) is 1.59. The summed E-state index contributed by atoms with van der Waals surface area (Å²) in [6.45, 7) is 0. The summed E-state index contributed by atoms with van der Waals surface area (Å²) < 4.78 is 4.37. The van der Waals surface area contributed by atoms with Crippen LogP contribution in [-0.2, 0) is 16.0 Å². The number of fused-ring (bicyclic) bond motifs is 1. The Morgan fingerprint density at radius 1 is 1.20 bits per heavy atom. The normalized spacial score (nSPS) is 13.6. The number of ether oxygens (including phenoxy) is 1. The molecule has 5 nitrogen and oxygen atoms in total. The SMILES string of the molecule is O=C(O)Cc1ccc2c(c1)C(=O)OC2=O. The molecule has 1 aliphatic heterocycles. The van der Waals surface area contributed by atoms with E-state index in [9.17, 15) is 14.4 Å². The molecule has 0 radical (unpaired) electrons. The molecular weight excluding hydrogens is 200 g/mol. The van der Waals surface area contributed by atoms with Crippen molar-refractivity contribution < 1.29 is 24.2 Å². The van der Waals surface area contributed by atoms with Crippen LogP contribution in [0.15, 0.2) is 18.2 Å². The molecule has 5 heteroatoms. The monoisotopic (exact) mass is 206 g/mol. The number of rotatable bonds is 2. The molecular formula is C10H6O5. The maximum absolute atomic E-state index is 11.1. The van der Waals surface area contributed by atoms with Gasteiger partial charge in [-0.3, -0.25) is 4.79 Å². The van der Waals surface area contributed by atoms with E-state index in [0.717, 1.165) is 0 Å². The zero-order chi connectivity index (χ0) is 11.0. The number of carbonyl (C=O) groups is 3. The molecule has 1 aromatic carbocycles. The number of benzene rings is 1. The zero-order valence-corrected chi connectivity index (χ0v) is 7.52. The highest BCUT2D eigenvalue weighted by Gasteiger charge is 2.29. The summed E-state index contributed by atoms with van der Waals surface area (Å²) in [5.41, 5.74) is 0.792. The van der Waals surface area contributed by atoms with Crippen molar-refractivity contribution >= 4 is 17.9 Å². The molecule has 0 saturated carbocycles. The summed E-state index contributed by atoms with van der Waals surface area (Å²) in [7, 11) is 0. The van der Waals surface area contributed by atoms with E-state index in [4.69, 9.17) is 5.11 Å². The summed E-state index contributed by atoms with van der Waals surface area (Å²) in [6, 6.07) is 4.27. The van der Waals surface area contributed by atoms with Gasteiger partial charge < -0.3 is 9.84 Å². The van der Waals surface area contributed by atoms with Crippen LogP contribution in [0.5, 0.6) is 0 Å². The van der Waals surface area contributed by atoms with Crippen LogP contribution in [0.1, 0.15) is 26.3 Å². The molecule has 0 atom stereocenters. The van der Waals surface area contributed by atoms with Gasteiger partial charge in [0.25, 0.3) is 0 Å². The van der Waals surface area contributed by atoms with Crippen molar-refractivity contribution in [1.82, 2.24) is 0 Å². The van der Waals surface area contributed by atoms with Gasteiger partial charge in [-0.1, -0.05) is 6.07 Å². The van der Waals surface area contributed by atoms with Gasteiger partial charge in [0.1, 0.15) is 0 Å². The van der Waals surface area contributed by atoms with Crippen LogP contribution in [0.3, 0.4) is 0 Å². The second kappa shape index (κ2) is 3.20. The zero-order valence-electron chi connectivity index (χ0n) is 7.52. The molecule has 1 heterocycles. The first kappa shape index (κ1) is 9.39. The first-order valence-electron chi connectivity index (χ1n) is 4.19. The largest absolute Gasteiger partial charge is 0.481 e. The van der Waals surface area contributed by atoms with Crippen LogP contribution in [0.4, 0.5) is 0 Å². The highest BCUT2D eigenvalue weighted by atomic mass is 16.6. The standard InChI is InChI=1S/C10H6O5/c11-8(12)4-5-1-2-6-7(3-5)10(14)15-9(6)13/h1-3H,4H2,(H,11,12). The van der Waals surface area contributed by atoms with E-state index < -0.39 is 17.9 Å². The second-order valence-corrected chi connectivity index (χ2v) is 3.13. The van der Waals surface area contributed by atoms with Gasteiger partial charge in [-0.25, -0.2) is 9.59 Å². The van der Waals surface area contributed by atoms with Gasteiger partial charge in [-0.15, -0.1) is 0 Å². The van der Waals surface area contributed by atoms with Gasteiger partial charge in [0.15, 0.2) is 0 Å². The molecule has 0 saturated heterocycles. The number of hydrogen-bond acceptors (Lipinski definition) is 4. The molecule has 0 spiro atoms. The number of carboxylic acids is 1. The summed E-state index contributed by atoms with van der Waals surface area (Å²) in [6.07, 6.45) is -0.186. The Morgan fingerprint density at radius 3 is 2.53 bits per heavy atom. The molecule has 1 aromatic rings. The van der Waals surface area contributed by atoms with Crippen LogP contribution in [0.2, 0.25) is 0 Å². The third-order valence-corrected chi connectivity index (χ3v) is 2.06. The van der Waals surface area contributed by atoms with Crippen molar-refractivity contribution in [2.45, 2.75) is 6.42 Å². The van der Waals surface area contributed by atoms with Crippen molar-refractivity contribution in [3.8, 4) is 0 Å². The van der Waals surface area contributed by atoms with E-state index >= 15 is 0 Å². The van der Waals surface area contributed by atoms with E-state index in [1.165, 1.54) is 18.2 Å². The molecule has 76 valence electrons. The third-order valence-electron chi connectivity index (χ3n) is 2.06. The van der Waals surface area contributed by atoms with E-state index in [-0.39, 0.29) is 17.5 Å². The molecule has 0 aromatic heterocycles. The number of cyclic esters (lactones) is 2. The summed E-state index contributed by atoms with van der Waals surface area (Å²) in [4.78, 5) is 32.6. The minimum Gasteiger partial charge on any atom is -0.481 e. The van der Waals surface area contributed by atoms with Crippen molar-refractivity contribution in [1.29, 1.82) is 0 Å². The van der Waals surface area contributed by atoms with E-state index in [1.54, 1.807) is 0 Å². The Bertz CT molecular complexity index is 475. The lowest BCUT2D eigenvalue weighted by molar-refractivity contribution is -0.136. The van der Waals surface area contributed by atoms with Crippen molar-refractivity contribution in [2.24, 2.45) is 0 Å². The molecule has 0 bridgehead atoms. The highest BCUT2D eigenvalue weighted by molar-refractivity contribution is 6.14. The summed E-state index contributed by atoms with van der Waals surface area (Å²) in [5.74, 6) is -2.40. The number of hydrogen-bond donors (Lipinski definition) is 1. The molecule has 2 rings (SSSR count). The fourth-order valence-corrected chi connectivity index (χ4v) is 1.42. The lowest BCUT2D eigenvalue weighted by Crippen LogP contribution is -2.02. The number of esters is 2. The van der Waals surface area contributed by atoms with Crippen LogP contribution >= 0.6 is 0 Å². The lowest BCUT2D eigenvalue weighted by Gasteiger charge is -1.97. The van der Waals surface area contributed by atoms with Crippen LogP contribution in [0.25, 0.3) is 0 Å². The fourth-order valence-electron chi connectivity index (χ4n) is 1.42. The molecule has 0 fully saturated rings. The van der Waals surface area contributed by atoms with Gasteiger partial charge in [0.05, 0.1) is 17.5 Å². The Balaban J connectivity index is 2.42. The topological polar surface area (TPSA) is 80.7 Å². The molecule has 1 N–H and O–H groups in total. The average molecular weight is 206 g/mol. The van der Waals surface area contributed by atoms with E-state index in [1.807, 2.05) is 0 Å². The summed E-state index contributed by atoms with van der Waals surface area (Å²) >= 11 is 0. The Kier molecular flexibility index (Phi) is 2.00. The van der Waals surface area contributed by atoms with E-state index in [2.05, 4.69) is 4.74 Å². The van der Waals surface area contributed by atoms with Gasteiger partial charge in [0, 0.05) is 0 Å². The van der Waals surface area contributed by atoms with Gasteiger partial charge in [0.2, 0.25) is 0 Å². The number of aliphatic carboxylic acids is 1. The van der Waals surface area contributed by atoms with Crippen LogP contribution < -0.4 is 0 Å². The first-order valence-corrected chi connectivity index (χ1v) is 4.19. The van der Waals surface area contributed by atoms with Gasteiger partial charge >= 0.3 is 17.9 Å². The smallest absolute Gasteiger partial charge is 0.346 e. The van der Waals surface area contributed by atoms with Crippen molar-refractivity contribution in [3.63, 3.8) is 0 Å². The molecule has 0 aliphatic carbocycles. The van der Waals surface area contributed by atoms with Crippen LogP contribution in [-0.4, -0.2) is 23.0 Å². The van der Waals surface area contributed by atoms with Crippen molar-refractivity contribution in [2.75, 3.05) is 0 Å².